The predicted octanol–water partition coefficient (Wildman–Crippen LogP) is 2.02. The molecule has 0 spiro atoms. The first-order chi connectivity index (χ1) is 12.2. The molecule has 1 aliphatic rings. The first-order valence-electron chi connectivity index (χ1n) is 7.25. The molecule has 12 heteroatoms. The molecule has 26 heavy (non-hydrogen) atoms. The topological polar surface area (TPSA) is 69.6 Å². The molecule has 138 valence electrons. The highest BCUT2D eigenvalue weighted by Gasteiger charge is 2.38. The lowest BCUT2D eigenvalue weighted by Gasteiger charge is -2.17. The third kappa shape index (κ3) is 3.06. The quantitative estimate of drug-likeness (QED) is 0.639. The molecule has 1 fully saturated rings. The van der Waals surface area contributed by atoms with Crippen LogP contribution in [-0.2, 0) is 4.65 Å². The van der Waals surface area contributed by atoms with Crippen molar-refractivity contribution in [3.05, 3.63) is 39.7 Å². The Kier molecular flexibility index (Phi) is 4.51. The largest absolute Gasteiger partial charge is 0.798 e. The van der Waals surface area contributed by atoms with Gasteiger partial charge in [-0.1, -0.05) is 0 Å². The summed E-state index contributed by atoms with van der Waals surface area (Å²) in [5.74, 6) is -5.20. The maximum atomic E-state index is 14.0. The Labute approximate surface area is 142 Å². The van der Waals surface area contributed by atoms with Crippen LogP contribution in [-0.4, -0.2) is 37.4 Å². The molecule has 2 atom stereocenters. The molecule has 0 radical (unpaired) electrons. The standard InChI is InChI=1S/C14H10BF5N2O4/c1-25-13-10(18)8(17)2-5-11(13)22(21-9-3-7(9)16)4-6(12(5)23)14(24)26-15(19)20/h2,4,7,9,21H,3H2,1H3/t7-,9+/m0/s1. The summed E-state index contributed by atoms with van der Waals surface area (Å²) in [7, 11) is -2.47. The number of methoxy groups -OCH3 is 1. The van der Waals surface area contributed by atoms with Crippen molar-refractivity contribution in [2.45, 2.75) is 18.6 Å². The summed E-state index contributed by atoms with van der Waals surface area (Å²) < 4.78 is 74.9. The van der Waals surface area contributed by atoms with Crippen molar-refractivity contribution in [2.75, 3.05) is 12.5 Å². The van der Waals surface area contributed by atoms with Crippen LogP contribution in [0.25, 0.3) is 10.9 Å². The highest BCUT2D eigenvalue weighted by atomic mass is 19.2. The van der Waals surface area contributed by atoms with Gasteiger partial charge in [-0.05, 0) is 6.07 Å². The third-order valence-electron chi connectivity index (χ3n) is 3.78. The lowest BCUT2D eigenvalue weighted by Crippen LogP contribution is -2.28. The van der Waals surface area contributed by atoms with E-state index in [4.69, 9.17) is 4.74 Å². The molecule has 1 N–H and O–H groups in total. The van der Waals surface area contributed by atoms with E-state index in [0.29, 0.717) is 6.07 Å². The number of nitrogens with zero attached hydrogens (tertiary/aromatic N) is 1. The number of halogens is 5. The van der Waals surface area contributed by atoms with Crippen LogP contribution in [0.1, 0.15) is 16.8 Å². The Hall–Kier alpha value is -2.79. The van der Waals surface area contributed by atoms with E-state index in [0.717, 1.165) is 18.0 Å². The van der Waals surface area contributed by atoms with Crippen molar-refractivity contribution >= 4 is 24.3 Å². The van der Waals surface area contributed by atoms with Crippen LogP contribution >= 0.6 is 0 Å². The monoisotopic (exact) mass is 376 g/mol. The number of nitrogens with one attached hydrogen (secondary N) is 1. The first-order valence-corrected chi connectivity index (χ1v) is 7.25. The van der Waals surface area contributed by atoms with Gasteiger partial charge in [0.2, 0.25) is 11.2 Å². The molecule has 0 bridgehead atoms. The highest BCUT2D eigenvalue weighted by molar-refractivity contribution is 6.38. The molecular formula is C14H10BF5N2O4. The zero-order valence-electron chi connectivity index (χ0n) is 13.1. The van der Waals surface area contributed by atoms with Crippen LogP contribution in [0.15, 0.2) is 17.1 Å². The van der Waals surface area contributed by atoms with E-state index in [-0.39, 0.29) is 11.9 Å². The molecule has 1 saturated carbocycles. The maximum absolute atomic E-state index is 14.0. The second-order valence-corrected chi connectivity index (χ2v) is 5.50. The number of rotatable bonds is 5. The van der Waals surface area contributed by atoms with Crippen LogP contribution in [0.4, 0.5) is 21.8 Å². The second-order valence-electron chi connectivity index (χ2n) is 5.50. The number of aromatic nitrogens is 1. The predicted molar refractivity (Wildman–Crippen MR) is 80.7 cm³/mol. The average Bonchev–Trinajstić information content (AvgIpc) is 3.26. The molecule has 1 aliphatic carbocycles. The Balaban J connectivity index is 2.28. The molecule has 3 rings (SSSR count). The summed E-state index contributed by atoms with van der Waals surface area (Å²) in [6.45, 7) is 0. The maximum Gasteiger partial charge on any atom is 0.798 e. The third-order valence-corrected chi connectivity index (χ3v) is 3.78. The number of carbonyl (C=O) groups is 1. The van der Waals surface area contributed by atoms with Crippen LogP contribution in [0.2, 0.25) is 0 Å². The minimum Gasteiger partial charge on any atom is -0.491 e. The molecule has 1 aromatic carbocycles. The van der Waals surface area contributed by atoms with Gasteiger partial charge in [0.05, 0.1) is 18.5 Å². The lowest BCUT2D eigenvalue weighted by atomic mass is 10.1. The fourth-order valence-corrected chi connectivity index (χ4v) is 2.46. The Morgan fingerprint density at radius 1 is 1.38 bits per heavy atom. The van der Waals surface area contributed by atoms with E-state index < -0.39 is 59.4 Å². The molecule has 1 aromatic heterocycles. The summed E-state index contributed by atoms with van der Waals surface area (Å²) in [6.07, 6.45) is -0.395. The zero-order chi connectivity index (χ0) is 19.2. The molecular weight excluding hydrogens is 366 g/mol. The number of fused-ring (bicyclic) bond motifs is 1. The Bertz CT molecular complexity index is 951. The number of carbonyl (C=O) groups excluding carboxylic acids is 1. The van der Waals surface area contributed by atoms with Gasteiger partial charge in [-0.2, -0.15) is 4.39 Å². The summed E-state index contributed by atoms with van der Waals surface area (Å²) in [4.78, 5) is 24.1. The van der Waals surface area contributed by atoms with Gasteiger partial charge in [-0.3, -0.25) is 9.47 Å². The number of hydrogen-bond acceptors (Lipinski definition) is 5. The summed E-state index contributed by atoms with van der Waals surface area (Å²) in [5.41, 5.74) is 0.190. The molecule has 6 nitrogen and oxygen atoms in total. The van der Waals surface area contributed by atoms with Crippen molar-refractivity contribution in [2.24, 2.45) is 0 Å². The average molecular weight is 376 g/mol. The van der Waals surface area contributed by atoms with Gasteiger partial charge in [0.1, 0.15) is 17.3 Å². The molecule has 0 saturated heterocycles. The van der Waals surface area contributed by atoms with Crippen LogP contribution in [0, 0.1) is 11.6 Å². The smallest absolute Gasteiger partial charge is 0.491 e. The van der Waals surface area contributed by atoms with Crippen LogP contribution < -0.4 is 15.6 Å². The number of benzene rings is 1. The highest BCUT2D eigenvalue weighted by Crippen LogP contribution is 2.32. The Morgan fingerprint density at radius 3 is 2.58 bits per heavy atom. The van der Waals surface area contributed by atoms with E-state index in [1.54, 1.807) is 0 Å². The van der Waals surface area contributed by atoms with Crippen molar-refractivity contribution in [1.29, 1.82) is 0 Å². The molecule has 0 aliphatic heterocycles. The van der Waals surface area contributed by atoms with Gasteiger partial charge in [0, 0.05) is 12.6 Å². The van der Waals surface area contributed by atoms with Crippen molar-refractivity contribution in [3.8, 4) is 5.75 Å². The van der Waals surface area contributed by atoms with E-state index in [1.807, 2.05) is 0 Å². The van der Waals surface area contributed by atoms with Gasteiger partial charge in [0.15, 0.2) is 11.6 Å². The fraction of sp³-hybridized carbons (Fsp3) is 0.286. The molecule has 1 heterocycles. The summed E-state index contributed by atoms with van der Waals surface area (Å²) in [6, 6.07) is -0.232. The van der Waals surface area contributed by atoms with Gasteiger partial charge in [-0.25, -0.2) is 22.2 Å². The van der Waals surface area contributed by atoms with E-state index in [1.165, 1.54) is 0 Å². The van der Waals surface area contributed by atoms with Gasteiger partial charge in [0.25, 0.3) is 0 Å². The van der Waals surface area contributed by atoms with Crippen molar-refractivity contribution in [1.82, 2.24) is 4.68 Å². The first kappa shape index (κ1) is 18.0. The zero-order valence-corrected chi connectivity index (χ0v) is 13.1. The normalized spacial score (nSPS) is 18.5. The number of ether oxygens (including phenoxy) is 1. The molecule has 2 aromatic rings. The van der Waals surface area contributed by atoms with E-state index >= 15 is 0 Å². The second kappa shape index (κ2) is 6.50. The Morgan fingerprint density at radius 2 is 2.04 bits per heavy atom. The van der Waals surface area contributed by atoms with E-state index in [2.05, 4.69) is 10.1 Å². The van der Waals surface area contributed by atoms with Crippen LogP contribution in [0.5, 0.6) is 5.75 Å². The number of pyridine rings is 1. The SMILES string of the molecule is COc1c(F)c(F)cc2c(=O)c(C(=O)OB(F)F)cn(N[C@@H]3C[C@@H]3F)c12. The summed E-state index contributed by atoms with van der Waals surface area (Å²) in [5, 5.41) is -0.534. The minimum absolute atomic E-state index is 0.0937. The number of alkyl halides is 1. The lowest BCUT2D eigenvalue weighted by molar-refractivity contribution is 0.0693. The number of hydrogen-bond donors (Lipinski definition) is 1. The minimum atomic E-state index is -3.49. The van der Waals surface area contributed by atoms with Gasteiger partial charge in [-0.15, -0.1) is 0 Å². The van der Waals surface area contributed by atoms with Gasteiger partial charge < -0.3 is 14.8 Å². The summed E-state index contributed by atoms with van der Waals surface area (Å²) >= 11 is 0. The molecule has 0 unspecified atom stereocenters. The van der Waals surface area contributed by atoms with Gasteiger partial charge >= 0.3 is 13.4 Å². The van der Waals surface area contributed by atoms with Crippen LogP contribution in [0.3, 0.4) is 0 Å². The van der Waals surface area contributed by atoms with Crippen molar-refractivity contribution in [3.63, 3.8) is 0 Å². The fourth-order valence-electron chi connectivity index (χ4n) is 2.46. The molecule has 0 amide bonds. The van der Waals surface area contributed by atoms with E-state index in [9.17, 15) is 31.4 Å². The van der Waals surface area contributed by atoms with Crippen molar-refractivity contribution < 1.29 is 36.0 Å².